The van der Waals surface area contributed by atoms with Crippen molar-refractivity contribution in [3.63, 3.8) is 0 Å². The van der Waals surface area contributed by atoms with Crippen molar-refractivity contribution in [1.29, 1.82) is 0 Å². The van der Waals surface area contributed by atoms with Crippen LogP contribution in [0.25, 0.3) is 0 Å². The first-order valence-corrected chi connectivity index (χ1v) is 9.68. The van der Waals surface area contributed by atoms with E-state index in [0.717, 1.165) is 25.0 Å². The molecule has 10 heteroatoms. The van der Waals surface area contributed by atoms with Crippen LogP contribution in [0, 0.1) is 5.92 Å². The van der Waals surface area contributed by atoms with Crippen molar-refractivity contribution in [3.8, 4) is 5.75 Å². The molecule has 1 aromatic rings. The Bertz CT molecular complexity index is 732. The van der Waals surface area contributed by atoms with Gasteiger partial charge < -0.3 is 24.6 Å². The van der Waals surface area contributed by atoms with Crippen LogP contribution in [-0.2, 0) is 4.74 Å². The highest BCUT2D eigenvalue weighted by atomic mass is 19.4. The Kier molecular flexibility index (Phi) is 7.44. The van der Waals surface area contributed by atoms with Crippen molar-refractivity contribution in [3.05, 3.63) is 24.3 Å². The molecule has 0 radical (unpaired) electrons. The molecule has 1 unspecified atom stereocenters. The van der Waals surface area contributed by atoms with E-state index in [4.69, 9.17) is 4.74 Å². The number of piperidine rings is 1. The number of ether oxygens (including phenoxy) is 2. The van der Waals surface area contributed by atoms with Crippen LogP contribution in [0.3, 0.4) is 0 Å². The molecule has 7 nitrogen and oxygen atoms in total. The lowest BCUT2D eigenvalue weighted by molar-refractivity contribution is -0.274. The molecule has 0 aliphatic carbocycles. The fraction of sp³-hybridized carbons (Fsp3) is 0.600. The summed E-state index contributed by atoms with van der Waals surface area (Å²) < 4.78 is 45.8. The lowest BCUT2D eigenvalue weighted by atomic mass is 9.98. The third-order valence-corrected chi connectivity index (χ3v) is 4.38. The number of hydrogen-bond acceptors (Lipinski definition) is 4. The molecule has 0 spiro atoms. The number of benzene rings is 1. The summed E-state index contributed by atoms with van der Waals surface area (Å²) >= 11 is 0. The Labute approximate surface area is 174 Å². The van der Waals surface area contributed by atoms with Crippen molar-refractivity contribution in [1.82, 2.24) is 9.80 Å². The Hall–Kier alpha value is -2.65. The Balaban J connectivity index is 1.87. The van der Waals surface area contributed by atoms with Crippen molar-refractivity contribution < 1.29 is 32.2 Å². The van der Waals surface area contributed by atoms with Crippen LogP contribution in [0.2, 0.25) is 0 Å². The number of anilines is 1. The zero-order valence-corrected chi connectivity index (χ0v) is 17.6. The Morgan fingerprint density at radius 2 is 1.83 bits per heavy atom. The molecule has 1 fully saturated rings. The van der Waals surface area contributed by atoms with Crippen molar-refractivity contribution >= 4 is 17.8 Å². The molecule has 0 saturated carbocycles. The third-order valence-electron chi connectivity index (χ3n) is 4.38. The quantitative estimate of drug-likeness (QED) is 0.751. The largest absolute Gasteiger partial charge is 0.573 e. The number of rotatable bonds is 4. The second kappa shape index (κ2) is 9.44. The molecule has 1 heterocycles. The van der Waals surface area contributed by atoms with E-state index < -0.39 is 18.1 Å². The van der Waals surface area contributed by atoms with Crippen LogP contribution < -0.4 is 10.1 Å². The van der Waals surface area contributed by atoms with E-state index >= 15 is 0 Å². The number of alkyl halides is 3. The number of amides is 3. The molecule has 0 bridgehead atoms. The molecule has 1 atom stereocenters. The summed E-state index contributed by atoms with van der Waals surface area (Å²) in [6.07, 6.45) is -3.51. The van der Waals surface area contributed by atoms with Crippen molar-refractivity contribution in [2.75, 3.05) is 32.0 Å². The highest BCUT2D eigenvalue weighted by Gasteiger charge is 2.31. The maximum atomic E-state index is 12.5. The van der Waals surface area contributed by atoms with Gasteiger partial charge in [-0.25, -0.2) is 9.59 Å². The van der Waals surface area contributed by atoms with Gasteiger partial charge in [-0.15, -0.1) is 13.2 Å². The van der Waals surface area contributed by atoms with E-state index in [-0.39, 0.29) is 17.7 Å². The summed E-state index contributed by atoms with van der Waals surface area (Å²) in [4.78, 5) is 27.8. The molecule has 1 aromatic carbocycles. The first-order valence-electron chi connectivity index (χ1n) is 9.68. The van der Waals surface area contributed by atoms with Crippen molar-refractivity contribution in [2.45, 2.75) is 45.6 Å². The minimum Gasteiger partial charge on any atom is -0.444 e. The van der Waals surface area contributed by atoms with Crippen LogP contribution in [-0.4, -0.2) is 60.6 Å². The molecule has 1 aliphatic heterocycles. The van der Waals surface area contributed by atoms with Gasteiger partial charge >= 0.3 is 18.5 Å². The highest BCUT2D eigenvalue weighted by Crippen LogP contribution is 2.25. The van der Waals surface area contributed by atoms with Gasteiger partial charge in [-0.2, -0.15) is 0 Å². The average molecular weight is 431 g/mol. The monoisotopic (exact) mass is 431 g/mol. The number of urea groups is 1. The smallest absolute Gasteiger partial charge is 0.444 e. The summed E-state index contributed by atoms with van der Waals surface area (Å²) in [5.41, 5.74) is -0.215. The van der Waals surface area contributed by atoms with Gasteiger partial charge in [-0.05, 0) is 63.8 Å². The van der Waals surface area contributed by atoms with Gasteiger partial charge in [0.25, 0.3) is 0 Å². The second-order valence-corrected chi connectivity index (χ2v) is 8.32. The molecule has 1 aliphatic rings. The standard InChI is InChI=1S/C20H28F3N3O4/c1-19(2,3)30-18(28)25(4)12-14-6-5-11-26(13-14)17(27)24-15-7-9-16(10-8-15)29-20(21,22)23/h7-10,14H,5-6,11-13H2,1-4H3,(H,24,27). The summed E-state index contributed by atoms with van der Waals surface area (Å²) in [6, 6.07) is 4.62. The zero-order valence-electron chi connectivity index (χ0n) is 17.6. The number of carbonyl (C=O) groups excluding carboxylic acids is 2. The number of nitrogens with zero attached hydrogens (tertiary/aromatic N) is 2. The molecule has 2 rings (SSSR count). The van der Waals surface area contributed by atoms with E-state index in [2.05, 4.69) is 10.1 Å². The Morgan fingerprint density at radius 3 is 2.40 bits per heavy atom. The molecule has 0 aromatic heterocycles. The SMILES string of the molecule is CN(CC1CCCN(C(=O)Nc2ccc(OC(F)(F)F)cc2)C1)C(=O)OC(C)(C)C. The van der Waals surface area contributed by atoms with Crippen LogP contribution in [0.15, 0.2) is 24.3 Å². The lowest BCUT2D eigenvalue weighted by Gasteiger charge is -2.35. The number of hydrogen-bond donors (Lipinski definition) is 1. The van der Waals surface area contributed by atoms with Gasteiger partial charge in [-0.1, -0.05) is 0 Å². The number of nitrogens with one attached hydrogen (secondary N) is 1. The maximum absolute atomic E-state index is 12.5. The van der Waals surface area contributed by atoms with Crippen LogP contribution in [0.1, 0.15) is 33.6 Å². The number of likely N-dealkylation sites (tertiary alicyclic amines) is 1. The maximum Gasteiger partial charge on any atom is 0.573 e. The van der Waals surface area contributed by atoms with Crippen LogP contribution in [0.4, 0.5) is 28.4 Å². The summed E-state index contributed by atoms with van der Waals surface area (Å²) in [6.45, 7) is 6.89. The predicted molar refractivity (Wildman–Crippen MR) is 105 cm³/mol. The molecule has 168 valence electrons. The van der Waals surface area contributed by atoms with Crippen LogP contribution in [0.5, 0.6) is 5.75 Å². The fourth-order valence-electron chi connectivity index (χ4n) is 3.14. The average Bonchev–Trinajstić information content (AvgIpc) is 2.61. The van der Waals surface area contributed by atoms with E-state index in [1.807, 2.05) is 0 Å². The molecular weight excluding hydrogens is 403 g/mol. The molecule has 1 N–H and O–H groups in total. The topological polar surface area (TPSA) is 71.1 Å². The van der Waals surface area contributed by atoms with Gasteiger partial charge in [-0.3, -0.25) is 0 Å². The highest BCUT2D eigenvalue weighted by molar-refractivity contribution is 5.89. The summed E-state index contributed by atoms with van der Waals surface area (Å²) in [5, 5.41) is 2.67. The van der Waals surface area contributed by atoms with Crippen molar-refractivity contribution in [2.24, 2.45) is 5.92 Å². The molecular formula is C20H28F3N3O4. The minimum absolute atomic E-state index is 0.101. The first-order chi connectivity index (χ1) is 13.8. The molecule has 3 amide bonds. The predicted octanol–water partition coefficient (Wildman–Crippen LogP) is 4.70. The third kappa shape index (κ3) is 8.00. The lowest BCUT2D eigenvalue weighted by Crippen LogP contribution is -2.46. The molecule has 1 saturated heterocycles. The fourth-order valence-corrected chi connectivity index (χ4v) is 3.14. The van der Waals surface area contributed by atoms with Gasteiger partial charge in [0, 0.05) is 32.4 Å². The van der Waals surface area contributed by atoms with E-state index in [1.54, 1.807) is 32.7 Å². The van der Waals surface area contributed by atoms with E-state index in [0.29, 0.717) is 25.3 Å². The minimum atomic E-state index is -4.76. The van der Waals surface area contributed by atoms with Crippen LogP contribution >= 0.6 is 0 Å². The normalized spacial score (nSPS) is 17.3. The van der Waals surface area contributed by atoms with Gasteiger partial charge in [0.2, 0.25) is 0 Å². The van der Waals surface area contributed by atoms with E-state index in [1.165, 1.54) is 17.0 Å². The Morgan fingerprint density at radius 1 is 1.20 bits per heavy atom. The second-order valence-electron chi connectivity index (χ2n) is 8.32. The van der Waals surface area contributed by atoms with Gasteiger partial charge in [0.15, 0.2) is 0 Å². The number of carbonyl (C=O) groups is 2. The first kappa shape index (κ1) is 23.6. The van der Waals surface area contributed by atoms with Gasteiger partial charge in [0.05, 0.1) is 0 Å². The summed E-state index contributed by atoms with van der Waals surface area (Å²) in [5.74, 6) is -0.256. The van der Waals surface area contributed by atoms with Gasteiger partial charge in [0.1, 0.15) is 11.4 Å². The molecule has 30 heavy (non-hydrogen) atoms. The van der Waals surface area contributed by atoms with E-state index in [9.17, 15) is 22.8 Å². The number of halogens is 3. The zero-order chi connectivity index (χ0) is 22.5. The summed E-state index contributed by atoms with van der Waals surface area (Å²) in [7, 11) is 1.66.